The lowest BCUT2D eigenvalue weighted by Gasteiger charge is -2.09. The molecule has 1 unspecified atom stereocenters. The van der Waals surface area contributed by atoms with Gasteiger partial charge in [-0.2, -0.15) is 0 Å². The molecule has 0 saturated carbocycles. The predicted molar refractivity (Wildman–Crippen MR) is 60.1 cm³/mol. The van der Waals surface area contributed by atoms with Crippen LogP contribution in [0.4, 0.5) is 0 Å². The highest BCUT2D eigenvalue weighted by Crippen LogP contribution is 2.15. The van der Waals surface area contributed by atoms with Gasteiger partial charge >= 0.3 is 0 Å². The standard InChI is InChI=1S/C9H9N3OS2/c1-6(9-10-2-3-15-9)12-8(13)7-4-14-5-11-7/h2-6H,1H3,(H,12,13). The highest BCUT2D eigenvalue weighted by atomic mass is 32.1. The first-order chi connectivity index (χ1) is 7.27. The molecule has 0 bridgehead atoms. The molecule has 2 heterocycles. The summed E-state index contributed by atoms with van der Waals surface area (Å²) < 4.78 is 0. The van der Waals surface area contributed by atoms with Crippen LogP contribution in [0.15, 0.2) is 22.5 Å². The zero-order valence-electron chi connectivity index (χ0n) is 8.01. The highest BCUT2D eigenvalue weighted by molar-refractivity contribution is 7.09. The smallest absolute Gasteiger partial charge is 0.271 e. The molecule has 0 saturated heterocycles. The SMILES string of the molecule is CC(NC(=O)c1cscn1)c1nccs1. The molecule has 0 aliphatic carbocycles. The molecule has 0 aliphatic rings. The van der Waals surface area contributed by atoms with E-state index in [1.54, 1.807) is 17.1 Å². The number of amides is 1. The Kier molecular flexibility index (Phi) is 3.08. The van der Waals surface area contributed by atoms with E-state index >= 15 is 0 Å². The van der Waals surface area contributed by atoms with Crippen LogP contribution < -0.4 is 5.32 Å². The van der Waals surface area contributed by atoms with Gasteiger partial charge in [-0.3, -0.25) is 4.79 Å². The normalized spacial score (nSPS) is 12.3. The second-order valence-corrected chi connectivity index (χ2v) is 4.58. The molecular formula is C9H9N3OS2. The van der Waals surface area contributed by atoms with E-state index in [1.165, 1.54) is 22.7 Å². The maximum Gasteiger partial charge on any atom is 0.271 e. The molecule has 15 heavy (non-hydrogen) atoms. The monoisotopic (exact) mass is 239 g/mol. The fourth-order valence-electron chi connectivity index (χ4n) is 1.11. The molecule has 0 radical (unpaired) electrons. The molecule has 78 valence electrons. The second kappa shape index (κ2) is 4.50. The quantitative estimate of drug-likeness (QED) is 0.892. The second-order valence-electron chi connectivity index (χ2n) is 2.94. The number of carbonyl (C=O) groups is 1. The molecule has 0 aromatic carbocycles. The first kappa shape index (κ1) is 10.3. The van der Waals surface area contributed by atoms with Gasteiger partial charge in [0.1, 0.15) is 10.7 Å². The van der Waals surface area contributed by atoms with Gasteiger partial charge in [-0.05, 0) is 6.92 Å². The van der Waals surface area contributed by atoms with Gasteiger partial charge in [0.05, 0.1) is 11.6 Å². The Balaban J connectivity index is 2.01. The lowest BCUT2D eigenvalue weighted by Crippen LogP contribution is -2.26. The van der Waals surface area contributed by atoms with Crippen LogP contribution in [0, 0.1) is 0 Å². The number of hydrogen-bond acceptors (Lipinski definition) is 5. The number of thiazole rings is 2. The van der Waals surface area contributed by atoms with Crippen molar-refractivity contribution in [3.05, 3.63) is 33.2 Å². The van der Waals surface area contributed by atoms with Crippen LogP contribution in [-0.2, 0) is 0 Å². The van der Waals surface area contributed by atoms with Crippen molar-refractivity contribution in [2.24, 2.45) is 0 Å². The summed E-state index contributed by atoms with van der Waals surface area (Å²) in [4.78, 5) is 19.7. The van der Waals surface area contributed by atoms with E-state index in [4.69, 9.17) is 0 Å². The topological polar surface area (TPSA) is 54.9 Å². The largest absolute Gasteiger partial charge is 0.342 e. The van der Waals surface area contributed by atoms with Gasteiger partial charge in [0.25, 0.3) is 5.91 Å². The van der Waals surface area contributed by atoms with Crippen LogP contribution in [0.3, 0.4) is 0 Å². The fraction of sp³-hybridized carbons (Fsp3) is 0.222. The van der Waals surface area contributed by atoms with Crippen molar-refractivity contribution in [2.75, 3.05) is 0 Å². The molecule has 0 fully saturated rings. The van der Waals surface area contributed by atoms with Crippen LogP contribution in [0.2, 0.25) is 0 Å². The first-order valence-corrected chi connectivity index (χ1v) is 6.18. The summed E-state index contributed by atoms with van der Waals surface area (Å²) in [6.07, 6.45) is 1.73. The third-order valence-electron chi connectivity index (χ3n) is 1.83. The molecule has 0 aliphatic heterocycles. The Hall–Kier alpha value is -1.27. The first-order valence-electron chi connectivity index (χ1n) is 4.36. The lowest BCUT2D eigenvalue weighted by atomic mass is 10.3. The average Bonchev–Trinajstić information content (AvgIpc) is 2.91. The zero-order valence-corrected chi connectivity index (χ0v) is 9.64. The third kappa shape index (κ3) is 2.40. The Morgan fingerprint density at radius 1 is 1.53 bits per heavy atom. The molecule has 2 aromatic rings. The molecule has 2 rings (SSSR count). The summed E-state index contributed by atoms with van der Waals surface area (Å²) in [5.41, 5.74) is 2.10. The minimum atomic E-state index is -0.154. The molecule has 1 atom stereocenters. The van der Waals surface area contributed by atoms with Crippen molar-refractivity contribution in [3.63, 3.8) is 0 Å². The van der Waals surface area contributed by atoms with Gasteiger partial charge in [0.15, 0.2) is 0 Å². The highest BCUT2D eigenvalue weighted by Gasteiger charge is 2.13. The molecular weight excluding hydrogens is 230 g/mol. The van der Waals surface area contributed by atoms with Crippen LogP contribution in [0.5, 0.6) is 0 Å². The van der Waals surface area contributed by atoms with E-state index in [9.17, 15) is 4.79 Å². The number of aromatic nitrogens is 2. The van der Waals surface area contributed by atoms with Crippen molar-refractivity contribution in [1.82, 2.24) is 15.3 Å². The maximum absolute atomic E-state index is 11.6. The predicted octanol–water partition coefficient (Wildman–Crippen LogP) is 2.09. The minimum Gasteiger partial charge on any atom is -0.342 e. The van der Waals surface area contributed by atoms with Gasteiger partial charge < -0.3 is 5.32 Å². The van der Waals surface area contributed by atoms with E-state index in [0.717, 1.165) is 5.01 Å². The van der Waals surface area contributed by atoms with E-state index in [2.05, 4.69) is 15.3 Å². The Morgan fingerprint density at radius 3 is 3.00 bits per heavy atom. The molecule has 2 aromatic heterocycles. The summed E-state index contributed by atoms with van der Waals surface area (Å²) in [5, 5.41) is 7.36. The van der Waals surface area contributed by atoms with Crippen LogP contribution in [0.25, 0.3) is 0 Å². The molecule has 1 amide bonds. The molecule has 4 nitrogen and oxygen atoms in total. The Morgan fingerprint density at radius 2 is 2.40 bits per heavy atom. The summed E-state index contributed by atoms with van der Waals surface area (Å²) in [6.45, 7) is 1.91. The summed E-state index contributed by atoms with van der Waals surface area (Å²) in [6, 6.07) is -0.0702. The lowest BCUT2D eigenvalue weighted by molar-refractivity contribution is 0.0935. The van der Waals surface area contributed by atoms with E-state index in [1.807, 2.05) is 12.3 Å². The number of nitrogens with zero attached hydrogens (tertiary/aromatic N) is 2. The third-order valence-corrected chi connectivity index (χ3v) is 3.38. The molecule has 0 spiro atoms. The minimum absolute atomic E-state index is 0.0702. The van der Waals surface area contributed by atoms with Gasteiger partial charge in [-0.25, -0.2) is 9.97 Å². The van der Waals surface area contributed by atoms with Crippen molar-refractivity contribution >= 4 is 28.6 Å². The number of hydrogen-bond donors (Lipinski definition) is 1. The van der Waals surface area contributed by atoms with Gasteiger partial charge in [0.2, 0.25) is 0 Å². The van der Waals surface area contributed by atoms with Gasteiger partial charge in [-0.1, -0.05) is 0 Å². The summed E-state index contributed by atoms with van der Waals surface area (Å²) in [7, 11) is 0. The Bertz CT molecular complexity index is 424. The van der Waals surface area contributed by atoms with Crippen molar-refractivity contribution in [3.8, 4) is 0 Å². The van der Waals surface area contributed by atoms with Crippen LogP contribution in [0.1, 0.15) is 28.5 Å². The molecule has 1 N–H and O–H groups in total. The average molecular weight is 239 g/mol. The maximum atomic E-state index is 11.6. The number of nitrogens with one attached hydrogen (secondary N) is 1. The Labute approximate surface area is 95.0 Å². The van der Waals surface area contributed by atoms with Crippen molar-refractivity contribution in [2.45, 2.75) is 13.0 Å². The van der Waals surface area contributed by atoms with Gasteiger partial charge in [-0.15, -0.1) is 22.7 Å². The summed E-state index contributed by atoms with van der Waals surface area (Å²) >= 11 is 2.93. The van der Waals surface area contributed by atoms with E-state index < -0.39 is 0 Å². The summed E-state index contributed by atoms with van der Waals surface area (Å²) in [5.74, 6) is -0.154. The number of rotatable bonds is 3. The zero-order chi connectivity index (χ0) is 10.7. The number of carbonyl (C=O) groups excluding carboxylic acids is 1. The van der Waals surface area contributed by atoms with Crippen LogP contribution >= 0.6 is 22.7 Å². The van der Waals surface area contributed by atoms with E-state index in [-0.39, 0.29) is 11.9 Å². The fourth-order valence-corrected chi connectivity index (χ4v) is 2.28. The molecule has 6 heteroatoms. The van der Waals surface area contributed by atoms with Crippen molar-refractivity contribution < 1.29 is 4.79 Å². The van der Waals surface area contributed by atoms with Crippen molar-refractivity contribution in [1.29, 1.82) is 0 Å². The van der Waals surface area contributed by atoms with Crippen LogP contribution in [-0.4, -0.2) is 15.9 Å². The van der Waals surface area contributed by atoms with E-state index in [0.29, 0.717) is 5.69 Å². The van der Waals surface area contributed by atoms with Gasteiger partial charge in [0, 0.05) is 17.0 Å².